The quantitative estimate of drug-likeness (QED) is 0.506. The van der Waals surface area contributed by atoms with Gasteiger partial charge in [0.1, 0.15) is 5.82 Å². The minimum Gasteiger partial charge on any atom is -0.369 e. The van der Waals surface area contributed by atoms with Crippen molar-refractivity contribution < 1.29 is 4.39 Å². The van der Waals surface area contributed by atoms with E-state index in [4.69, 9.17) is 0 Å². The Kier molecular flexibility index (Phi) is 5.45. The lowest BCUT2D eigenvalue weighted by Crippen LogP contribution is -2.46. The summed E-state index contributed by atoms with van der Waals surface area (Å²) in [5, 5.41) is 0. The van der Waals surface area contributed by atoms with Crippen LogP contribution in [0.4, 0.5) is 10.1 Å². The van der Waals surface area contributed by atoms with Gasteiger partial charge in [-0.15, -0.1) is 0 Å². The smallest absolute Gasteiger partial charge is 0.251 e. The van der Waals surface area contributed by atoms with E-state index in [1.54, 1.807) is 24.7 Å². The van der Waals surface area contributed by atoms with Crippen molar-refractivity contribution >= 4 is 16.7 Å². The van der Waals surface area contributed by atoms with E-state index in [2.05, 4.69) is 29.7 Å². The Bertz CT molecular complexity index is 1290. The number of aromatic nitrogens is 4. The highest BCUT2D eigenvalue weighted by molar-refractivity contribution is 5.74. The molecule has 1 aliphatic rings. The predicted octanol–water partition coefficient (Wildman–Crippen LogP) is 3.34. The number of hydrogen-bond donors (Lipinski definition) is 2. The number of imidazole rings is 1. The molecule has 4 heterocycles. The largest absolute Gasteiger partial charge is 0.369 e. The van der Waals surface area contributed by atoms with Crippen LogP contribution in [0.1, 0.15) is 18.1 Å². The van der Waals surface area contributed by atoms with Crippen LogP contribution < -0.4 is 10.5 Å². The van der Waals surface area contributed by atoms with Gasteiger partial charge in [0.25, 0.3) is 5.56 Å². The number of aryl methyl sites for hydroxylation is 1. The van der Waals surface area contributed by atoms with Crippen molar-refractivity contribution in [2.24, 2.45) is 0 Å². The van der Waals surface area contributed by atoms with E-state index in [0.29, 0.717) is 17.7 Å². The van der Waals surface area contributed by atoms with Crippen molar-refractivity contribution in [3.05, 3.63) is 76.4 Å². The van der Waals surface area contributed by atoms with Gasteiger partial charge >= 0.3 is 0 Å². The zero-order valence-electron chi connectivity index (χ0n) is 17.9. The summed E-state index contributed by atoms with van der Waals surface area (Å²) in [6.45, 7) is 6.11. The first kappa shape index (κ1) is 20.4. The van der Waals surface area contributed by atoms with E-state index in [1.165, 1.54) is 0 Å². The molecular formula is C24H25FN6O. The lowest BCUT2D eigenvalue weighted by atomic mass is 10.1. The van der Waals surface area contributed by atoms with E-state index in [0.717, 1.165) is 60.6 Å². The third-order valence-electron chi connectivity index (χ3n) is 6.09. The maximum Gasteiger partial charge on any atom is 0.251 e. The van der Waals surface area contributed by atoms with Crippen LogP contribution in [0.15, 0.2) is 53.8 Å². The minimum absolute atomic E-state index is 0.0432. The second-order valence-electron chi connectivity index (χ2n) is 8.15. The summed E-state index contributed by atoms with van der Waals surface area (Å²) < 4.78 is 14.6. The molecule has 5 rings (SSSR count). The Morgan fingerprint density at radius 2 is 1.94 bits per heavy atom. The Morgan fingerprint density at radius 1 is 1.09 bits per heavy atom. The van der Waals surface area contributed by atoms with Crippen molar-refractivity contribution in [3.63, 3.8) is 0 Å². The number of anilines is 1. The van der Waals surface area contributed by atoms with E-state index >= 15 is 0 Å². The third kappa shape index (κ3) is 4.01. The summed E-state index contributed by atoms with van der Waals surface area (Å²) in [7, 11) is 0. The van der Waals surface area contributed by atoms with Crippen LogP contribution in [-0.4, -0.2) is 51.0 Å². The predicted molar refractivity (Wildman–Crippen MR) is 123 cm³/mol. The van der Waals surface area contributed by atoms with Crippen LogP contribution in [-0.2, 0) is 13.0 Å². The highest BCUT2D eigenvalue weighted by atomic mass is 19.1. The number of halogens is 1. The highest BCUT2D eigenvalue weighted by Gasteiger charge is 2.19. The number of H-pyrrole nitrogens is 2. The summed E-state index contributed by atoms with van der Waals surface area (Å²) in [5.74, 6) is -0.253. The molecule has 8 heteroatoms. The number of fused-ring (bicyclic) bond motifs is 1. The van der Waals surface area contributed by atoms with Crippen LogP contribution in [0.2, 0.25) is 0 Å². The molecule has 0 spiro atoms. The fraction of sp³-hybridized carbons (Fsp3) is 0.292. The normalized spacial score (nSPS) is 14.9. The van der Waals surface area contributed by atoms with Gasteiger partial charge in [0.15, 0.2) is 0 Å². The average molecular weight is 433 g/mol. The van der Waals surface area contributed by atoms with Gasteiger partial charge in [-0.05, 0) is 42.3 Å². The second kappa shape index (κ2) is 8.55. The van der Waals surface area contributed by atoms with Gasteiger partial charge < -0.3 is 14.9 Å². The zero-order chi connectivity index (χ0) is 22.1. The SMILES string of the molecule is CCc1cc2ncc(CN3CCN(c4ccc(-c5cnc[nH]5)c(F)c4)CC3)cc2[nH]c1=O. The Labute approximate surface area is 184 Å². The molecule has 3 aromatic heterocycles. The van der Waals surface area contributed by atoms with Crippen LogP contribution in [0, 0.1) is 5.82 Å². The number of aromatic amines is 2. The van der Waals surface area contributed by atoms with Crippen LogP contribution in [0.25, 0.3) is 22.3 Å². The van der Waals surface area contributed by atoms with Gasteiger partial charge in [0.05, 0.1) is 29.3 Å². The fourth-order valence-electron chi connectivity index (χ4n) is 4.26. The number of pyridine rings is 2. The molecule has 1 aromatic carbocycles. The maximum atomic E-state index is 14.6. The molecule has 0 amide bonds. The summed E-state index contributed by atoms with van der Waals surface area (Å²) in [5.41, 5.74) is 5.46. The van der Waals surface area contributed by atoms with Gasteiger partial charge in [0.2, 0.25) is 0 Å². The van der Waals surface area contributed by atoms with Gasteiger partial charge in [-0.25, -0.2) is 9.37 Å². The molecule has 1 aliphatic heterocycles. The molecule has 0 aliphatic carbocycles. The molecule has 0 bridgehead atoms. The van der Waals surface area contributed by atoms with Crippen LogP contribution in [0.5, 0.6) is 0 Å². The van der Waals surface area contributed by atoms with Gasteiger partial charge in [-0.2, -0.15) is 0 Å². The second-order valence-corrected chi connectivity index (χ2v) is 8.15. The lowest BCUT2D eigenvalue weighted by molar-refractivity contribution is 0.249. The Morgan fingerprint density at radius 3 is 2.66 bits per heavy atom. The highest BCUT2D eigenvalue weighted by Crippen LogP contribution is 2.26. The van der Waals surface area contributed by atoms with E-state index < -0.39 is 0 Å². The van der Waals surface area contributed by atoms with Gasteiger partial charge in [0, 0.05) is 55.7 Å². The van der Waals surface area contributed by atoms with Crippen molar-refractivity contribution in [3.8, 4) is 11.3 Å². The Balaban J connectivity index is 1.24. The molecule has 0 radical (unpaired) electrons. The average Bonchev–Trinajstić information content (AvgIpc) is 3.34. The summed E-state index contributed by atoms with van der Waals surface area (Å²) in [6.07, 6.45) is 5.74. The summed E-state index contributed by atoms with van der Waals surface area (Å²) >= 11 is 0. The number of hydrogen-bond acceptors (Lipinski definition) is 5. The van der Waals surface area contributed by atoms with E-state index in [9.17, 15) is 9.18 Å². The first-order valence-corrected chi connectivity index (χ1v) is 10.9. The zero-order valence-corrected chi connectivity index (χ0v) is 17.9. The molecule has 2 N–H and O–H groups in total. The third-order valence-corrected chi connectivity index (χ3v) is 6.09. The fourth-order valence-corrected chi connectivity index (χ4v) is 4.26. The standard InChI is InChI=1S/C24H25FN6O/c1-2-17-10-21-22(29-24(17)32)9-16(12-27-21)14-30-5-7-31(8-6-30)18-3-4-19(20(25)11-18)23-13-26-15-28-23/h3-4,9-13,15H,2,5-8,14H2,1H3,(H,26,28)(H,29,32). The monoisotopic (exact) mass is 432 g/mol. The number of benzene rings is 1. The van der Waals surface area contributed by atoms with E-state index in [-0.39, 0.29) is 11.4 Å². The number of nitrogens with one attached hydrogen (secondary N) is 2. The van der Waals surface area contributed by atoms with E-state index in [1.807, 2.05) is 31.3 Å². The molecule has 1 saturated heterocycles. The minimum atomic E-state index is -0.253. The molecule has 0 atom stereocenters. The van der Waals surface area contributed by atoms with Crippen LogP contribution >= 0.6 is 0 Å². The lowest BCUT2D eigenvalue weighted by Gasteiger charge is -2.36. The first-order chi connectivity index (χ1) is 15.6. The maximum absolute atomic E-state index is 14.6. The molecule has 0 saturated carbocycles. The first-order valence-electron chi connectivity index (χ1n) is 10.9. The molecular weight excluding hydrogens is 407 g/mol. The molecule has 0 unspecified atom stereocenters. The van der Waals surface area contributed by atoms with Crippen LogP contribution in [0.3, 0.4) is 0 Å². The van der Waals surface area contributed by atoms with Gasteiger partial charge in [-0.1, -0.05) is 6.92 Å². The molecule has 32 heavy (non-hydrogen) atoms. The number of rotatable bonds is 5. The van der Waals surface area contributed by atoms with Gasteiger partial charge in [-0.3, -0.25) is 14.7 Å². The van der Waals surface area contributed by atoms with Crippen molar-refractivity contribution in [2.75, 3.05) is 31.1 Å². The molecule has 4 aromatic rings. The summed E-state index contributed by atoms with van der Waals surface area (Å²) in [6, 6.07) is 9.24. The number of nitrogens with zero attached hydrogens (tertiary/aromatic N) is 4. The molecule has 1 fully saturated rings. The summed E-state index contributed by atoms with van der Waals surface area (Å²) in [4.78, 5) is 31.1. The Hall–Kier alpha value is -3.52. The van der Waals surface area contributed by atoms with Crippen molar-refractivity contribution in [2.45, 2.75) is 19.9 Å². The topological polar surface area (TPSA) is 80.9 Å². The van der Waals surface area contributed by atoms with Crippen molar-refractivity contribution in [1.29, 1.82) is 0 Å². The van der Waals surface area contributed by atoms with Crippen molar-refractivity contribution in [1.82, 2.24) is 24.8 Å². The number of piperazine rings is 1. The molecule has 7 nitrogen and oxygen atoms in total. The molecule has 164 valence electrons.